The zero-order valence-corrected chi connectivity index (χ0v) is 17.7. The normalized spacial score (nSPS) is 15.2. The third kappa shape index (κ3) is 6.31. The van der Waals surface area contributed by atoms with E-state index in [4.69, 9.17) is 11.6 Å². The van der Waals surface area contributed by atoms with Crippen molar-refractivity contribution in [1.29, 1.82) is 0 Å². The Bertz CT molecular complexity index is 826. The maximum atomic E-state index is 12.3. The number of anilines is 2. The van der Waals surface area contributed by atoms with Gasteiger partial charge in [-0.25, -0.2) is 0 Å². The van der Waals surface area contributed by atoms with E-state index in [-0.39, 0.29) is 11.8 Å². The molecule has 0 aromatic heterocycles. The van der Waals surface area contributed by atoms with E-state index in [0.29, 0.717) is 23.8 Å². The van der Waals surface area contributed by atoms with Crippen molar-refractivity contribution in [2.24, 2.45) is 0 Å². The molecule has 148 valence electrons. The van der Waals surface area contributed by atoms with Crippen LogP contribution in [0.25, 0.3) is 0 Å². The quantitative estimate of drug-likeness (QED) is 0.687. The maximum absolute atomic E-state index is 12.3. The van der Waals surface area contributed by atoms with Crippen LogP contribution in [0.1, 0.15) is 0 Å². The number of halogens is 2. The average Bonchev–Trinajstić information content (AvgIpc) is 2.66. The van der Waals surface area contributed by atoms with E-state index in [2.05, 4.69) is 36.4 Å². The van der Waals surface area contributed by atoms with Gasteiger partial charge in [0.15, 0.2) is 0 Å². The SMILES string of the molecule is O=C(CN1CCN(CC(=O)Nc2ccc(Br)cc2Cl)CC1)Nc1ccccc1. The van der Waals surface area contributed by atoms with Crippen molar-refractivity contribution < 1.29 is 9.59 Å². The van der Waals surface area contributed by atoms with E-state index in [0.717, 1.165) is 36.3 Å². The summed E-state index contributed by atoms with van der Waals surface area (Å²) in [4.78, 5) is 28.6. The Balaban J connectivity index is 1.40. The summed E-state index contributed by atoms with van der Waals surface area (Å²) in [5, 5.41) is 6.24. The highest BCUT2D eigenvalue weighted by molar-refractivity contribution is 9.10. The number of carbonyl (C=O) groups is 2. The Morgan fingerprint density at radius 3 is 2.04 bits per heavy atom. The first kappa shape index (κ1) is 20.8. The number of nitrogens with zero attached hydrogens (tertiary/aromatic N) is 2. The molecule has 1 aliphatic rings. The molecule has 0 atom stereocenters. The molecule has 2 amide bonds. The van der Waals surface area contributed by atoms with Gasteiger partial charge in [-0.2, -0.15) is 0 Å². The van der Waals surface area contributed by atoms with E-state index in [1.165, 1.54) is 0 Å². The number of para-hydroxylation sites is 1. The van der Waals surface area contributed by atoms with Gasteiger partial charge in [0.2, 0.25) is 11.8 Å². The summed E-state index contributed by atoms with van der Waals surface area (Å²) < 4.78 is 0.864. The number of piperazine rings is 1. The highest BCUT2D eigenvalue weighted by Gasteiger charge is 2.21. The molecule has 1 heterocycles. The predicted octanol–water partition coefficient (Wildman–Crippen LogP) is 3.30. The first-order valence-corrected chi connectivity index (χ1v) is 10.2. The number of hydrogen-bond acceptors (Lipinski definition) is 4. The van der Waals surface area contributed by atoms with Crippen LogP contribution in [0.5, 0.6) is 0 Å². The number of benzene rings is 2. The number of carbonyl (C=O) groups excluding carboxylic acids is 2. The van der Waals surface area contributed by atoms with Crippen LogP contribution < -0.4 is 10.6 Å². The minimum Gasteiger partial charge on any atom is -0.325 e. The molecule has 2 aromatic carbocycles. The number of nitrogens with one attached hydrogen (secondary N) is 2. The standard InChI is InChI=1S/C20H22BrClN4O2/c21-15-6-7-18(17(22)12-15)24-20(28)14-26-10-8-25(9-11-26)13-19(27)23-16-4-2-1-3-5-16/h1-7,12H,8-11,13-14H2,(H,23,27)(H,24,28). The van der Waals surface area contributed by atoms with Crippen molar-refractivity contribution in [2.75, 3.05) is 49.9 Å². The molecule has 1 saturated heterocycles. The molecule has 0 saturated carbocycles. The molecule has 2 N–H and O–H groups in total. The molecular formula is C20H22BrClN4O2. The Morgan fingerprint density at radius 1 is 0.893 bits per heavy atom. The van der Waals surface area contributed by atoms with Gasteiger partial charge in [-0.05, 0) is 30.3 Å². The van der Waals surface area contributed by atoms with Crippen LogP contribution in [0.15, 0.2) is 53.0 Å². The van der Waals surface area contributed by atoms with Gasteiger partial charge in [0, 0.05) is 36.3 Å². The van der Waals surface area contributed by atoms with Gasteiger partial charge in [0.25, 0.3) is 0 Å². The molecule has 28 heavy (non-hydrogen) atoms. The van der Waals surface area contributed by atoms with Crippen LogP contribution in [0, 0.1) is 0 Å². The second-order valence-corrected chi connectivity index (χ2v) is 7.96. The zero-order chi connectivity index (χ0) is 19.9. The molecule has 0 radical (unpaired) electrons. The number of rotatable bonds is 6. The van der Waals surface area contributed by atoms with Crippen LogP contribution in [0.3, 0.4) is 0 Å². The summed E-state index contributed by atoms with van der Waals surface area (Å²) in [6, 6.07) is 14.8. The van der Waals surface area contributed by atoms with Crippen molar-refractivity contribution in [2.45, 2.75) is 0 Å². The van der Waals surface area contributed by atoms with Crippen LogP contribution in [0.4, 0.5) is 11.4 Å². The van der Waals surface area contributed by atoms with Gasteiger partial charge >= 0.3 is 0 Å². The molecular weight excluding hydrogens is 444 g/mol. The fraction of sp³-hybridized carbons (Fsp3) is 0.300. The van der Waals surface area contributed by atoms with E-state index >= 15 is 0 Å². The van der Waals surface area contributed by atoms with Gasteiger partial charge in [0.05, 0.1) is 23.8 Å². The monoisotopic (exact) mass is 464 g/mol. The van der Waals surface area contributed by atoms with Gasteiger partial charge in [-0.3, -0.25) is 19.4 Å². The molecule has 2 aromatic rings. The van der Waals surface area contributed by atoms with E-state index in [9.17, 15) is 9.59 Å². The first-order valence-electron chi connectivity index (χ1n) is 9.04. The summed E-state index contributed by atoms with van der Waals surface area (Å²) in [7, 11) is 0. The van der Waals surface area contributed by atoms with Crippen molar-refractivity contribution in [1.82, 2.24) is 9.80 Å². The van der Waals surface area contributed by atoms with Gasteiger partial charge in [0.1, 0.15) is 0 Å². The number of hydrogen-bond donors (Lipinski definition) is 2. The topological polar surface area (TPSA) is 64.7 Å². The lowest BCUT2D eigenvalue weighted by atomic mass is 10.3. The lowest BCUT2D eigenvalue weighted by Gasteiger charge is -2.33. The Kier molecular flexibility index (Phi) is 7.44. The fourth-order valence-electron chi connectivity index (χ4n) is 3.01. The molecule has 0 unspecified atom stereocenters. The molecule has 8 heteroatoms. The minimum absolute atomic E-state index is 0.0257. The lowest BCUT2D eigenvalue weighted by Crippen LogP contribution is -2.50. The summed E-state index contributed by atoms with van der Waals surface area (Å²) in [6.07, 6.45) is 0. The second kappa shape index (κ2) is 10.0. The molecule has 6 nitrogen and oxygen atoms in total. The summed E-state index contributed by atoms with van der Waals surface area (Å²) in [5.74, 6) is -0.123. The van der Waals surface area contributed by atoms with Crippen molar-refractivity contribution in [3.8, 4) is 0 Å². The Morgan fingerprint density at radius 2 is 1.46 bits per heavy atom. The molecule has 3 rings (SSSR count). The van der Waals surface area contributed by atoms with Crippen LogP contribution in [-0.4, -0.2) is 60.9 Å². The number of amides is 2. The van der Waals surface area contributed by atoms with Crippen LogP contribution in [-0.2, 0) is 9.59 Å². The highest BCUT2D eigenvalue weighted by Crippen LogP contribution is 2.25. The van der Waals surface area contributed by atoms with Crippen molar-refractivity contribution >= 4 is 50.7 Å². The molecule has 1 aliphatic heterocycles. The van der Waals surface area contributed by atoms with Gasteiger partial charge in [-0.1, -0.05) is 45.7 Å². The Hall–Kier alpha value is -1.93. The highest BCUT2D eigenvalue weighted by atomic mass is 79.9. The second-order valence-electron chi connectivity index (χ2n) is 6.64. The average molecular weight is 466 g/mol. The van der Waals surface area contributed by atoms with E-state index in [1.807, 2.05) is 36.4 Å². The molecule has 1 fully saturated rings. The zero-order valence-electron chi connectivity index (χ0n) is 15.3. The van der Waals surface area contributed by atoms with Crippen molar-refractivity contribution in [3.05, 3.63) is 58.0 Å². The fourth-order valence-corrected chi connectivity index (χ4v) is 3.73. The van der Waals surface area contributed by atoms with Gasteiger partial charge < -0.3 is 10.6 Å². The third-order valence-corrected chi connectivity index (χ3v) is 5.27. The first-order chi connectivity index (χ1) is 13.5. The molecule has 0 bridgehead atoms. The third-order valence-electron chi connectivity index (χ3n) is 4.46. The van der Waals surface area contributed by atoms with Crippen molar-refractivity contribution in [3.63, 3.8) is 0 Å². The minimum atomic E-state index is -0.0977. The van der Waals surface area contributed by atoms with Crippen LogP contribution in [0.2, 0.25) is 5.02 Å². The van der Waals surface area contributed by atoms with E-state index < -0.39 is 0 Å². The molecule has 0 spiro atoms. The predicted molar refractivity (Wildman–Crippen MR) is 116 cm³/mol. The lowest BCUT2D eigenvalue weighted by molar-refractivity contribution is -0.120. The van der Waals surface area contributed by atoms with E-state index in [1.54, 1.807) is 12.1 Å². The summed E-state index contributed by atoms with van der Waals surface area (Å²) in [5.41, 5.74) is 1.40. The Labute approximate surface area is 178 Å². The summed E-state index contributed by atoms with van der Waals surface area (Å²) in [6.45, 7) is 3.61. The molecule has 0 aliphatic carbocycles. The van der Waals surface area contributed by atoms with Gasteiger partial charge in [-0.15, -0.1) is 0 Å². The smallest absolute Gasteiger partial charge is 0.238 e. The maximum Gasteiger partial charge on any atom is 0.238 e. The largest absolute Gasteiger partial charge is 0.325 e. The van der Waals surface area contributed by atoms with Crippen LogP contribution >= 0.6 is 27.5 Å². The summed E-state index contributed by atoms with van der Waals surface area (Å²) >= 11 is 9.48.